The molecule has 0 aliphatic carbocycles. The van der Waals surface area contributed by atoms with E-state index < -0.39 is 0 Å². The maximum absolute atomic E-state index is 6.31. The highest BCUT2D eigenvalue weighted by molar-refractivity contribution is 9.10. The Morgan fingerprint density at radius 2 is 1.67 bits per heavy atom. The first-order valence-electron chi connectivity index (χ1n) is 8.02. The van der Waals surface area contributed by atoms with Crippen molar-refractivity contribution >= 4 is 15.9 Å². The van der Waals surface area contributed by atoms with Crippen LogP contribution < -0.4 is 5.73 Å². The number of nitrogens with zero attached hydrogens (tertiary/aromatic N) is 2. The fourth-order valence-electron chi connectivity index (χ4n) is 3.24. The van der Waals surface area contributed by atoms with Crippen molar-refractivity contribution in [3.8, 4) is 0 Å². The molecule has 1 fully saturated rings. The van der Waals surface area contributed by atoms with E-state index in [0.29, 0.717) is 12.1 Å². The van der Waals surface area contributed by atoms with Gasteiger partial charge < -0.3 is 5.73 Å². The standard InChI is InChI=1S/C17H28BrN3/c1-4-13(2)20-9-11-21(12-10-20)17(14(3)19)15-7-5-6-8-16(15)18/h5-8,13-14,17H,4,9-12,19H2,1-3H3. The second kappa shape index (κ2) is 7.73. The number of hydrogen-bond donors (Lipinski definition) is 1. The van der Waals surface area contributed by atoms with Gasteiger partial charge in [0.15, 0.2) is 0 Å². The normalized spacial score (nSPS) is 22.0. The highest BCUT2D eigenvalue weighted by Gasteiger charge is 2.29. The van der Waals surface area contributed by atoms with Gasteiger partial charge >= 0.3 is 0 Å². The average Bonchev–Trinajstić information content (AvgIpc) is 2.49. The molecule has 4 heteroatoms. The molecular formula is C17H28BrN3. The Hall–Kier alpha value is -0.420. The minimum Gasteiger partial charge on any atom is -0.326 e. The molecule has 0 radical (unpaired) electrons. The van der Waals surface area contributed by atoms with Crippen LogP contribution in [0.5, 0.6) is 0 Å². The van der Waals surface area contributed by atoms with Crippen molar-refractivity contribution in [2.75, 3.05) is 26.2 Å². The van der Waals surface area contributed by atoms with Crippen molar-refractivity contribution in [2.24, 2.45) is 5.73 Å². The van der Waals surface area contributed by atoms with E-state index in [1.807, 2.05) is 0 Å². The Bertz CT molecular complexity index is 441. The first kappa shape index (κ1) is 16.9. The highest BCUT2D eigenvalue weighted by Crippen LogP contribution is 2.30. The lowest BCUT2D eigenvalue weighted by molar-refractivity contribution is 0.0650. The third-order valence-electron chi connectivity index (χ3n) is 4.68. The van der Waals surface area contributed by atoms with Gasteiger partial charge in [0.25, 0.3) is 0 Å². The van der Waals surface area contributed by atoms with Gasteiger partial charge in [-0.05, 0) is 31.9 Å². The van der Waals surface area contributed by atoms with Crippen LogP contribution in [0.1, 0.15) is 38.8 Å². The molecule has 21 heavy (non-hydrogen) atoms. The van der Waals surface area contributed by atoms with Gasteiger partial charge in [0.1, 0.15) is 0 Å². The maximum atomic E-state index is 6.31. The van der Waals surface area contributed by atoms with Crippen molar-refractivity contribution in [2.45, 2.75) is 45.3 Å². The summed E-state index contributed by atoms with van der Waals surface area (Å²) in [4.78, 5) is 5.14. The largest absolute Gasteiger partial charge is 0.326 e. The number of hydrogen-bond acceptors (Lipinski definition) is 3. The van der Waals surface area contributed by atoms with E-state index >= 15 is 0 Å². The lowest BCUT2D eigenvalue weighted by atomic mass is 9.98. The molecule has 3 unspecified atom stereocenters. The monoisotopic (exact) mass is 353 g/mol. The third kappa shape index (κ3) is 4.07. The fourth-order valence-corrected chi connectivity index (χ4v) is 3.76. The van der Waals surface area contributed by atoms with Crippen LogP contribution in [0.4, 0.5) is 0 Å². The molecule has 1 aliphatic heterocycles. The SMILES string of the molecule is CCC(C)N1CCN(C(c2ccccc2Br)C(C)N)CC1. The van der Waals surface area contributed by atoms with Crippen LogP contribution in [0, 0.1) is 0 Å². The molecular weight excluding hydrogens is 326 g/mol. The number of halogens is 1. The first-order valence-corrected chi connectivity index (χ1v) is 8.82. The molecule has 118 valence electrons. The van der Waals surface area contributed by atoms with Crippen molar-refractivity contribution in [1.29, 1.82) is 0 Å². The number of nitrogens with two attached hydrogens (primary N) is 1. The summed E-state index contributed by atoms with van der Waals surface area (Å²) in [6, 6.07) is 9.57. The van der Waals surface area contributed by atoms with E-state index in [9.17, 15) is 0 Å². The molecule has 0 aromatic heterocycles. The van der Waals surface area contributed by atoms with Crippen LogP contribution in [-0.2, 0) is 0 Å². The molecule has 1 aliphatic rings. The van der Waals surface area contributed by atoms with Gasteiger partial charge in [-0.25, -0.2) is 0 Å². The summed E-state index contributed by atoms with van der Waals surface area (Å²) in [5.41, 5.74) is 7.62. The van der Waals surface area contributed by atoms with Crippen molar-refractivity contribution < 1.29 is 0 Å². The molecule has 2 N–H and O–H groups in total. The zero-order chi connectivity index (χ0) is 15.4. The van der Waals surface area contributed by atoms with E-state index in [0.717, 1.165) is 30.7 Å². The Balaban J connectivity index is 2.10. The van der Waals surface area contributed by atoms with Crippen molar-refractivity contribution in [3.63, 3.8) is 0 Å². The van der Waals surface area contributed by atoms with Crippen LogP contribution in [-0.4, -0.2) is 48.1 Å². The predicted molar refractivity (Wildman–Crippen MR) is 93.4 cm³/mol. The van der Waals surface area contributed by atoms with Crippen LogP contribution >= 0.6 is 15.9 Å². The number of rotatable bonds is 5. The molecule has 0 bridgehead atoms. The highest BCUT2D eigenvalue weighted by atomic mass is 79.9. The predicted octanol–water partition coefficient (Wildman–Crippen LogP) is 3.25. The van der Waals surface area contributed by atoms with Gasteiger partial charge in [-0.1, -0.05) is 41.1 Å². The van der Waals surface area contributed by atoms with Crippen molar-refractivity contribution in [1.82, 2.24) is 9.80 Å². The summed E-state index contributed by atoms with van der Waals surface area (Å²) in [5, 5.41) is 0. The fraction of sp³-hybridized carbons (Fsp3) is 0.647. The quantitative estimate of drug-likeness (QED) is 0.881. The minimum atomic E-state index is 0.124. The Kier molecular flexibility index (Phi) is 6.23. The smallest absolute Gasteiger partial charge is 0.0508 e. The van der Waals surface area contributed by atoms with Crippen molar-refractivity contribution in [3.05, 3.63) is 34.3 Å². The first-order chi connectivity index (χ1) is 10.0. The van der Waals surface area contributed by atoms with Gasteiger partial charge in [-0.3, -0.25) is 9.80 Å². The van der Waals surface area contributed by atoms with E-state index in [-0.39, 0.29) is 6.04 Å². The van der Waals surface area contributed by atoms with Crippen LogP contribution in [0.15, 0.2) is 28.7 Å². The summed E-state index contributed by atoms with van der Waals surface area (Å²) in [6.07, 6.45) is 1.22. The van der Waals surface area contributed by atoms with E-state index in [1.54, 1.807) is 0 Å². The van der Waals surface area contributed by atoms with Crippen LogP contribution in [0.25, 0.3) is 0 Å². The van der Waals surface area contributed by atoms with Gasteiger partial charge in [0.2, 0.25) is 0 Å². The summed E-state index contributed by atoms with van der Waals surface area (Å²) in [5.74, 6) is 0. The van der Waals surface area contributed by atoms with Crippen LogP contribution in [0.2, 0.25) is 0 Å². The molecule has 0 spiro atoms. The molecule has 0 saturated carbocycles. The van der Waals surface area contributed by atoms with E-state index in [4.69, 9.17) is 5.73 Å². The summed E-state index contributed by atoms with van der Waals surface area (Å²) >= 11 is 3.69. The summed E-state index contributed by atoms with van der Waals surface area (Å²) in [6.45, 7) is 11.2. The Morgan fingerprint density at radius 3 is 2.19 bits per heavy atom. The minimum absolute atomic E-state index is 0.124. The molecule has 0 amide bonds. The zero-order valence-corrected chi connectivity index (χ0v) is 15.0. The molecule has 3 atom stereocenters. The van der Waals surface area contributed by atoms with Gasteiger partial charge in [0, 0.05) is 42.7 Å². The molecule has 1 heterocycles. The van der Waals surface area contributed by atoms with E-state index in [2.05, 4.69) is 70.8 Å². The lowest BCUT2D eigenvalue weighted by Crippen LogP contribution is -2.52. The Labute approximate surface area is 137 Å². The van der Waals surface area contributed by atoms with Gasteiger partial charge in [0.05, 0.1) is 6.04 Å². The molecule has 3 nitrogen and oxygen atoms in total. The number of piperazine rings is 1. The molecule has 1 saturated heterocycles. The van der Waals surface area contributed by atoms with Gasteiger partial charge in [-0.15, -0.1) is 0 Å². The maximum Gasteiger partial charge on any atom is 0.0508 e. The van der Waals surface area contributed by atoms with Gasteiger partial charge in [-0.2, -0.15) is 0 Å². The lowest BCUT2D eigenvalue weighted by Gasteiger charge is -2.43. The number of benzene rings is 1. The second-order valence-corrected chi connectivity index (χ2v) is 7.01. The second-order valence-electron chi connectivity index (χ2n) is 6.15. The average molecular weight is 354 g/mol. The summed E-state index contributed by atoms with van der Waals surface area (Å²) < 4.78 is 1.16. The molecule has 1 aromatic carbocycles. The van der Waals surface area contributed by atoms with Crippen LogP contribution in [0.3, 0.4) is 0 Å². The summed E-state index contributed by atoms with van der Waals surface area (Å²) in [7, 11) is 0. The zero-order valence-electron chi connectivity index (χ0n) is 13.4. The topological polar surface area (TPSA) is 32.5 Å². The third-order valence-corrected chi connectivity index (χ3v) is 5.40. The van der Waals surface area contributed by atoms with E-state index in [1.165, 1.54) is 12.0 Å². The molecule has 1 aromatic rings. The molecule has 2 rings (SSSR count). The Morgan fingerprint density at radius 1 is 1.10 bits per heavy atom.